The van der Waals surface area contributed by atoms with E-state index in [2.05, 4.69) is 0 Å². The van der Waals surface area contributed by atoms with Gasteiger partial charge < -0.3 is 0 Å². The van der Waals surface area contributed by atoms with Gasteiger partial charge >= 0.3 is 6.05 Å². The molecule has 1 aliphatic heterocycles. The fraction of sp³-hybridized carbons (Fsp3) is 0.250. The van der Waals surface area contributed by atoms with Crippen molar-refractivity contribution in [1.29, 1.82) is 0 Å². The van der Waals surface area contributed by atoms with Crippen LogP contribution in [-0.4, -0.2) is 14.8 Å². The van der Waals surface area contributed by atoms with Crippen molar-refractivity contribution in [3.05, 3.63) is 28.5 Å². The van der Waals surface area contributed by atoms with Gasteiger partial charge in [0, 0.05) is 0 Å². The second-order valence-electron chi connectivity index (χ2n) is 3.41. The minimum absolute atomic E-state index is 0.0297. The number of benzene rings is 1. The molecule has 1 heterocycles. The van der Waals surface area contributed by atoms with E-state index >= 15 is 0 Å². The molecule has 0 aromatic heterocycles. The summed E-state index contributed by atoms with van der Waals surface area (Å²) in [5.74, 6) is -0.739. The van der Waals surface area contributed by atoms with Gasteiger partial charge in [-0.25, -0.2) is 13.6 Å². The van der Waals surface area contributed by atoms with Crippen molar-refractivity contribution in [1.82, 2.24) is 4.83 Å². The van der Waals surface area contributed by atoms with Crippen molar-refractivity contribution in [2.75, 3.05) is 5.01 Å². The lowest BCUT2D eigenvalue weighted by molar-refractivity contribution is 0.00295. The van der Waals surface area contributed by atoms with E-state index in [0.717, 1.165) is 12.1 Å². The Hall–Kier alpha value is -0.830. The molecular formula is C8H6ClF3N2O2S. The van der Waals surface area contributed by atoms with Gasteiger partial charge in [-0.2, -0.15) is 8.78 Å². The molecule has 2 rings (SSSR count). The maximum absolute atomic E-state index is 13.5. The number of anilines is 1. The summed E-state index contributed by atoms with van der Waals surface area (Å²) in [4.78, 5) is 1.65. The lowest BCUT2D eigenvalue weighted by Crippen LogP contribution is -2.49. The fourth-order valence-corrected chi connectivity index (χ4v) is 2.36. The van der Waals surface area contributed by atoms with Gasteiger partial charge in [0.15, 0.2) is 0 Å². The Morgan fingerprint density at radius 1 is 1.53 bits per heavy atom. The maximum atomic E-state index is 13.5. The van der Waals surface area contributed by atoms with Gasteiger partial charge in [-0.3, -0.25) is 4.55 Å². The highest BCUT2D eigenvalue weighted by Crippen LogP contribution is 2.44. The van der Waals surface area contributed by atoms with E-state index in [1.807, 2.05) is 0 Å². The van der Waals surface area contributed by atoms with Gasteiger partial charge in [-0.15, -0.1) is 4.83 Å². The number of halogens is 4. The molecule has 1 atom stereocenters. The first-order chi connectivity index (χ1) is 7.81. The predicted molar refractivity (Wildman–Crippen MR) is 56.4 cm³/mol. The van der Waals surface area contributed by atoms with Crippen LogP contribution in [0.15, 0.2) is 12.1 Å². The zero-order valence-electron chi connectivity index (χ0n) is 8.08. The van der Waals surface area contributed by atoms with E-state index in [1.165, 1.54) is 0 Å². The number of alkyl halides is 2. The molecule has 9 heteroatoms. The molecule has 1 aromatic carbocycles. The Labute approximate surface area is 102 Å². The maximum Gasteiger partial charge on any atom is 0.343 e. The predicted octanol–water partition coefficient (Wildman–Crippen LogP) is 2.08. The molecule has 4 nitrogen and oxygen atoms in total. The molecule has 0 bridgehead atoms. The zero-order valence-corrected chi connectivity index (χ0v) is 9.66. The number of nitrogens with zero attached hydrogens (tertiary/aromatic N) is 1. The standard InChI is InChI=1S/C8H6ClF3N2O2S/c9-6-2-5(10)1-4-3-8(11,12)14(7(4)6)13-17(15)16/h1-2,13H,3H2,(H,15,16). The van der Waals surface area contributed by atoms with Crippen molar-refractivity contribution in [2.24, 2.45) is 0 Å². The molecule has 0 amide bonds. The average molecular weight is 287 g/mol. The highest BCUT2D eigenvalue weighted by molar-refractivity contribution is 7.77. The molecule has 1 aliphatic rings. The first kappa shape index (κ1) is 12.6. The Bertz CT molecular complexity index is 500. The normalized spacial score (nSPS) is 19.2. The highest BCUT2D eigenvalue weighted by atomic mass is 35.5. The summed E-state index contributed by atoms with van der Waals surface area (Å²) in [7, 11) is 0. The summed E-state index contributed by atoms with van der Waals surface area (Å²) < 4.78 is 59.1. The number of rotatable bonds is 2. The first-order valence-electron chi connectivity index (χ1n) is 4.34. The minimum Gasteiger partial charge on any atom is -0.293 e. The van der Waals surface area contributed by atoms with Crippen molar-refractivity contribution < 1.29 is 21.9 Å². The van der Waals surface area contributed by atoms with E-state index in [9.17, 15) is 17.4 Å². The van der Waals surface area contributed by atoms with Crippen LogP contribution in [-0.2, 0) is 17.7 Å². The summed E-state index contributed by atoms with van der Waals surface area (Å²) in [5, 5.41) is -0.0737. The number of hydrazine groups is 1. The first-order valence-corrected chi connectivity index (χ1v) is 5.83. The lowest BCUT2D eigenvalue weighted by atomic mass is 10.1. The molecular weight excluding hydrogens is 281 g/mol. The topological polar surface area (TPSA) is 52.6 Å². The van der Waals surface area contributed by atoms with Crippen LogP contribution in [0.25, 0.3) is 0 Å². The monoisotopic (exact) mass is 286 g/mol. The van der Waals surface area contributed by atoms with Crippen LogP contribution in [0.2, 0.25) is 5.02 Å². The Balaban J connectivity index is 2.51. The molecule has 0 aliphatic carbocycles. The SMILES string of the molecule is O=S(O)NN1c2c(Cl)cc(F)cc2CC1(F)F. The molecule has 0 fully saturated rings. The van der Waals surface area contributed by atoms with Gasteiger partial charge in [0.25, 0.3) is 11.3 Å². The van der Waals surface area contributed by atoms with Gasteiger partial charge in [-0.05, 0) is 17.7 Å². The molecule has 0 radical (unpaired) electrons. The second-order valence-corrected chi connectivity index (χ2v) is 4.50. The molecule has 0 saturated heterocycles. The van der Waals surface area contributed by atoms with E-state index in [1.54, 1.807) is 4.83 Å². The van der Waals surface area contributed by atoms with Crippen LogP contribution in [0.3, 0.4) is 0 Å². The van der Waals surface area contributed by atoms with Gasteiger partial charge in [-0.1, -0.05) is 11.6 Å². The van der Waals surface area contributed by atoms with Crippen molar-refractivity contribution in [3.8, 4) is 0 Å². The fourth-order valence-electron chi connectivity index (χ4n) is 1.67. The third-order valence-corrected chi connectivity index (χ3v) is 2.86. The van der Waals surface area contributed by atoms with Crippen LogP contribution >= 0.6 is 11.6 Å². The quantitative estimate of drug-likeness (QED) is 0.646. The molecule has 2 N–H and O–H groups in total. The Morgan fingerprint density at radius 3 is 2.76 bits per heavy atom. The van der Waals surface area contributed by atoms with Crippen LogP contribution in [0.5, 0.6) is 0 Å². The summed E-state index contributed by atoms with van der Waals surface area (Å²) in [5.41, 5.74) is -0.224. The van der Waals surface area contributed by atoms with E-state index in [0.29, 0.717) is 0 Å². The van der Waals surface area contributed by atoms with Crippen LogP contribution in [0.1, 0.15) is 5.56 Å². The Morgan fingerprint density at radius 2 is 2.18 bits per heavy atom. The largest absolute Gasteiger partial charge is 0.343 e. The third kappa shape index (κ3) is 2.25. The van der Waals surface area contributed by atoms with Crippen molar-refractivity contribution >= 4 is 28.6 Å². The number of hydrogen-bond donors (Lipinski definition) is 2. The van der Waals surface area contributed by atoms with E-state index < -0.39 is 29.6 Å². The van der Waals surface area contributed by atoms with Crippen molar-refractivity contribution in [2.45, 2.75) is 12.5 Å². The molecule has 0 spiro atoms. The lowest BCUT2D eigenvalue weighted by Gasteiger charge is -2.25. The molecule has 1 unspecified atom stereocenters. The third-order valence-electron chi connectivity index (χ3n) is 2.23. The van der Waals surface area contributed by atoms with Gasteiger partial charge in [0.1, 0.15) is 5.82 Å². The minimum atomic E-state index is -3.45. The number of hydrogen-bond acceptors (Lipinski definition) is 2. The van der Waals surface area contributed by atoms with E-state index in [-0.39, 0.29) is 21.3 Å². The summed E-state index contributed by atoms with van der Waals surface area (Å²) in [6.07, 6.45) is -0.788. The molecule has 94 valence electrons. The second kappa shape index (κ2) is 4.13. The van der Waals surface area contributed by atoms with Crippen LogP contribution in [0, 0.1) is 5.82 Å². The van der Waals surface area contributed by atoms with Crippen LogP contribution < -0.4 is 9.84 Å². The number of nitrogens with one attached hydrogen (secondary N) is 1. The zero-order chi connectivity index (χ0) is 12.8. The molecule has 1 aromatic rings. The van der Waals surface area contributed by atoms with Gasteiger partial charge in [0.05, 0.1) is 17.1 Å². The molecule has 0 saturated carbocycles. The highest BCUT2D eigenvalue weighted by Gasteiger charge is 2.47. The average Bonchev–Trinajstić information content (AvgIpc) is 2.36. The summed E-state index contributed by atoms with van der Waals surface area (Å²) >= 11 is 2.97. The molecule has 17 heavy (non-hydrogen) atoms. The summed E-state index contributed by atoms with van der Waals surface area (Å²) in [6, 6.07) is -1.67. The van der Waals surface area contributed by atoms with Crippen molar-refractivity contribution in [3.63, 3.8) is 0 Å². The van der Waals surface area contributed by atoms with Gasteiger partial charge in [0.2, 0.25) is 0 Å². The number of fused-ring (bicyclic) bond motifs is 1. The van der Waals surface area contributed by atoms with E-state index in [4.69, 9.17) is 16.2 Å². The summed E-state index contributed by atoms with van der Waals surface area (Å²) in [6.45, 7) is 0. The Kier molecular flexibility index (Phi) is 3.06. The van der Waals surface area contributed by atoms with Crippen LogP contribution in [0.4, 0.5) is 18.9 Å². The smallest absolute Gasteiger partial charge is 0.293 e.